The molecule has 7 nitrogen and oxygen atoms in total. The Morgan fingerprint density at radius 3 is 2.77 bits per heavy atom. The average molecular weight is 305 g/mol. The zero-order valence-electron chi connectivity index (χ0n) is 13.7. The molecule has 2 saturated heterocycles. The van der Waals surface area contributed by atoms with Gasteiger partial charge in [0.15, 0.2) is 0 Å². The van der Waals surface area contributed by atoms with Crippen LogP contribution in [0.3, 0.4) is 0 Å². The zero-order valence-corrected chi connectivity index (χ0v) is 13.7. The van der Waals surface area contributed by atoms with E-state index in [1.54, 1.807) is 11.9 Å². The highest BCUT2D eigenvalue weighted by atomic mass is 16.6. The van der Waals surface area contributed by atoms with Crippen LogP contribution in [0, 0.1) is 6.92 Å². The molecule has 1 aromatic heterocycles. The molecule has 22 heavy (non-hydrogen) atoms. The van der Waals surface area contributed by atoms with Gasteiger partial charge in [0.25, 0.3) is 0 Å². The Bertz CT molecular complexity index is 591. The van der Waals surface area contributed by atoms with Crippen LogP contribution in [0.4, 0.5) is 16.6 Å². The fourth-order valence-corrected chi connectivity index (χ4v) is 3.30. The maximum Gasteiger partial charge on any atom is 0.410 e. The summed E-state index contributed by atoms with van der Waals surface area (Å²) in [6.07, 6.45) is 3.48. The number of likely N-dealkylation sites (N-methyl/N-ethyl adjacent to an activating group) is 1. The van der Waals surface area contributed by atoms with E-state index in [1.165, 1.54) is 0 Å². The van der Waals surface area contributed by atoms with Crippen molar-refractivity contribution in [3.63, 3.8) is 0 Å². The van der Waals surface area contributed by atoms with E-state index in [0.29, 0.717) is 19.0 Å². The maximum atomic E-state index is 11.7. The molecule has 0 radical (unpaired) electrons. The van der Waals surface area contributed by atoms with Gasteiger partial charge in [-0.05, 0) is 19.8 Å². The number of hydrogen-bond donors (Lipinski definition) is 0. The summed E-state index contributed by atoms with van der Waals surface area (Å²) in [5.41, 5.74) is 0.629. The third-order valence-electron chi connectivity index (χ3n) is 4.32. The molecule has 7 heteroatoms. The van der Waals surface area contributed by atoms with Gasteiger partial charge in [-0.3, -0.25) is 0 Å². The van der Waals surface area contributed by atoms with Crippen molar-refractivity contribution >= 4 is 17.9 Å². The van der Waals surface area contributed by atoms with Crippen molar-refractivity contribution in [2.75, 3.05) is 50.6 Å². The van der Waals surface area contributed by atoms with Gasteiger partial charge in [0, 0.05) is 39.4 Å². The van der Waals surface area contributed by atoms with Crippen molar-refractivity contribution in [2.45, 2.75) is 25.4 Å². The van der Waals surface area contributed by atoms with Gasteiger partial charge in [0.1, 0.15) is 11.4 Å². The minimum Gasteiger partial charge on any atom is -0.439 e. The predicted octanol–water partition coefficient (Wildman–Crippen LogP) is 1.27. The first-order valence-electron chi connectivity index (χ1n) is 7.60. The number of amides is 1. The monoisotopic (exact) mass is 305 g/mol. The lowest BCUT2D eigenvalue weighted by molar-refractivity contribution is 0.0443. The number of ether oxygens (including phenoxy) is 1. The molecule has 2 aliphatic rings. The largest absolute Gasteiger partial charge is 0.439 e. The average Bonchev–Trinajstić information content (AvgIpc) is 2.73. The number of carbonyl (C=O) groups excluding carboxylic acids is 1. The number of aryl methyl sites for hydroxylation is 1. The summed E-state index contributed by atoms with van der Waals surface area (Å²) in [4.78, 5) is 26.6. The highest BCUT2D eigenvalue weighted by molar-refractivity contribution is 5.70. The van der Waals surface area contributed by atoms with Crippen molar-refractivity contribution in [1.29, 1.82) is 0 Å². The first-order chi connectivity index (χ1) is 10.4. The molecule has 0 saturated carbocycles. The predicted molar refractivity (Wildman–Crippen MR) is 84.4 cm³/mol. The van der Waals surface area contributed by atoms with E-state index in [-0.39, 0.29) is 6.09 Å². The van der Waals surface area contributed by atoms with Gasteiger partial charge in [-0.2, -0.15) is 4.98 Å². The highest BCUT2D eigenvalue weighted by Crippen LogP contribution is 2.33. The standard InChI is InChI=1S/C15H23N5O2/c1-11-8-16-13(17-12(11)18(2)3)20-7-5-6-15(10-20)9-19(4)14(21)22-15/h8H,5-7,9-10H2,1-4H3. The minimum absolute atomic E-state index is 0.236. The number of hydrogen-bond acceptors (Lipinski definition) is 6. The van der Waals surface area contributed by atoms with Crippen LogP contribution in [-0.2, 0) is 4.74 Å². The summed E-state index contributed by atoms with van der Waals surface area (Å²) in [5, 5.41) is 0. The summed E-state index contributed by atoms with van der Waals surface area (Å²) in [6, 6.07) is 0. The number of anilines is 2. The molecule has 3 heterocycles. The van der Waals surface area contributed by atoms with Crippen LogP contribution in [0.15, 0.2) is 6.20 Å². The van der Waals surface area contributed by atoms with Gasteiger partial charge in [-0.1, -0.05) is 0 Å². The molecule has 0 N–H and O–H groups in total. The Morgan fingerprint density at radius 1 is 1.36 bits per heavy atom. The van der Waals surface area contributed by atoms with Crippen LogP contribution < -0.4 is 9.80 Å². The number of nitrogens with zero attached hydrogens (tertiary/aromatic N) is 5. The van der Waals surface area contributed by atoms with Crippen LogP contribution in [0.25, 0.3) is 0 Å². The number of carbonyl (C=O) groups is 1. The summed E-state index contributed by atoms with van der Waals surface area (Å²) in [5.74, 6) is 1.63. The van der Waals surface area contributed by atoms with Gasteiger partial charge in [-0.15, -0.1) is 0 Å². The van der Waals surface area contributed by atoms with Crippen LogP contribution >= 0.6 is 0 Å². The molecule has 2 aliphatic heterocycles. The molecule has 0 aromatic carbocycles. The number of rotatable bonds is 2. The molecule has 2 fully saturated rings. The van der Waals surface area contributed by atoms with Crippen molar-refractivity contribution in [2.24, 2.45) is 0 Å². The second-order valence-corrected chi connectivity index (χ2v) is 6.50. The molecule has 120 valence electrons. The van der Waals surface area contributed by atoms with E-state index in [2.05, 4.69) is 14.9 Å². The Kier molecular flexibility index (Phi) is 3.58. The van der Waals surface area contributed by atoms with Gasteiger partial charge < -0.3 is 19.4 Å². The fraction of sp³-hybridized carbons (Fsp3) is 0.667. The number of piperidine rings is 1. The van der Waals surface area contributed by atoms with Crippen LogP contribution in [-0.4, -0.2) is 67.3 Å². The molecule has 1 amide bonds. The van der Waals surface area contributed by atoms with E-state index in [1.807, 2.05) is 32.1 Å². The van der Waals surface area contributed by atoms with Gasteiger partial charge >= 0.3 is 6.09 Å². The summed E-state index contributed by atoms with van der Waals surface area (Å²) in [6.45, 7) is 4.18. The summed E-state index contributed by atoms with van der Waals surface area (Å²) >= 11 is 0. The second-order valence-electron chi connectivity index (χ2n) is 6.50. The van der Waals surface area contributed by atoms with Crippen molar-refractivity contribution in [1.82, 2.24) is 14.9 Å². The van der Waals surface area contributed by atoms with E-state index in [9.17, 15) is 4.79 Å². The molecule has 1 spiro atoms. The topological polar surface area (TPSA) is 61.8 Å². The molecule has 3 rings (SSSR count). The zero-order chi connectivity index (χ0) is 15.9. The summed E-state index contributed by atoms with van der Waals surface area (Å²) < 4.78 is 5.63. The van der Waals surface area contributed by atoms with Crippen LogP contribution in [0.5, 0.6) is 0 Å². The van der Waals surface area contributed by atoms with Gasteiger partial charge in [0.2, 0.25) is 5.95 Å². The second kappa shape index (κ2) is 5.30. The third-order valence-corrected chi connectivity index (χ3v) is 4.32. The lowest BCUT2D eigenvalue weighted by Gasteiger charge is -2.38. The molecule has 1 atom stereocenters. The number of aromatic nitrogens is 2. The fourth-order valence-electron chi connectivity index (χ4n) is 3.30. The van der Waals surface area contributed by atoms with Crippen LogP contribution in [0.1, 0.15) is 18.4 Å². The Morgan fingerprint density at radius 2 is 2.14 bits per heavy atom. The Labute approximate surface area is 130 Å². The lowest BCUT2D eigenvalue weighted by Crippen LogP contribution is -2.51. The normalized spacial score (nSPS) is 24.8. The van der Waals surface area contributed by atoms with Gasteiger partial charge in [0.05, 0.1) is 13.1 Å². The van der Waals surface area contributed by atoms with E-state index >= 15 is 0 Å². The van der Waals surface area contributed by atoms with Crippen molar-refractivity contribution < 1.29 is 9.53 Å². The first-order valence-corrected chi connectivity index (χ1v) is 7.60. The highest BCUT2D eigenvalue weighted by Gasteiger charge is 2.47. The smallest absolute Gasteiger partial charge is 0.410 e. The molecule has 0 aliphatic carbocycles. The third kappa shape index (κ3) is 2.55. The van der Waals surface area contributed by atoms with Crippen LogP contribution in [0.2, 0.25) is 0 Å². The minimum atomic E-state index is -0.420. The van der Waals surface area contributed by atoms with E-state index < -0.39 is 5.60 Å². The van der Waals surface area contributed by atoms with E-state index in [0.717, 1.165) is 30.8 Å². The molecular formula is C15H23N5O2. The van der Waals surface area contributed by atoms with Crippen molar-refractivity contribution in [3.05, 3.63) is 11.8 Å². The van der Waals surface area contributed by atoms with E-state index in [4.69, 9.17) is 4.74 Å². The summed E-state index contributed by atoms with van der Waals surface area (Å²) in [7, 11) is 5.73. The van der Waals surface area contributed by atoms with Crippen molar-refractivity contribution in [3.8, 4) is 0 Å². The quantitative estimate of drug-likeness (QED) is 0.820. The molecule has 0 bridgehead atoms. The molecule has 1 aromatic rings. The molecule has 1 unspecified atom stereocenters. The SMILES string of the molecule is Cc1cnc(N2CCCC3(CN(C)C(=O)O3)C2)nc1N(C)C. The Balaban J connectivity index is 1.84. The molecular weight excluding hydrogens is 282 g/mol. The first kappa shape index (κ1) is 14.9. The maximum absolute atomic E-state index is 11.7. The van der Waals surface area contributed by atoms with Gasteiger partial charge in [-0.25, -0.2) is 9.78 Å². The lowest BCUT2D eigenvalue weighted by atomic mass is 9.93. The Hall–Kier alpha value is -2.05.